The van der Waals surface area contributed by atoms with Crippen molar-refractivity contribution in [3.8, 4) is 0 Å². The van der Waals surface area contributed by atoms with Crippen LogP contribution in [0.5, 0.6) is 0 Å². The maximum atomic E-state index is 13.6. The Morgan fingerprint density at radius 2 is 1.55 bits per heavy atom. The summed E-state index contributed by atoms with van der Waals surface area (Å²) in [6, 6.07) is 20.4. The molecule has 1 fully saturated rings. The third-order valence-corrected chi connectivity index (χ3v) is 6.03. The maximum absolute atomic E-state index is 13.6. The van der Waals surface area contributed by atoms with Crippen LogP contribution in [0.15, 0.2) is 89.3 Å². The average Bonchev–Trinajstić information content (AvgIpc) is 3.55. The molecule has 2 aromatic rings. The van der Waals surface area contributed by atoms with Gasteiger partial charge in [0.2, 0.25) is 0 Å². The van der Waals surface area contributed by atoms with Crippen LogP contribution < -0.4 is 0 Å². The number of methoxy groups -OCH3 is 1. The number of amides is 1. The fourth-order valence-corrected chi connectivity index (χ4v) is 4.48. The van der Waals surface area contributed by atoms with Crippen molar-refractivity contribution >= 4 is 11.7 Å². The molecule has 0 atom stereocenters. The number of ether oxygens (including phenoxy) is 1. The molecule has 2 heterocycles. The van der Waals surface area contributed by atoms with Crippen molar-refractivity contribution < 1.29 is 9.53 Å². The van der Waals surface area contributed by atoms with Crippen LogP contribution in [0.4, 0.5) is 0 Å². The van der Waals surface area contributed by atoms with Crippen molar-refractivity contribution in [1.29, 1.82) is 0 Å². The van der Waals surface area contributed by atoms with Gasteiger partial charge >= 0.3 is 0 Å². The zero-order valence-corrected chi connectivity index (χ0v) is 16.5. The molecule has 146 valence electrons. The van der Waals surface area contributed by atoms with Crippen molar-refractivity contribution in [2.45, 2.75) is 31.2 Å². The van der Waals surface area contributed by atoms with Crippen molar-refractivity contribution in [3.05, 3.63) is 95.4 Å². The highest BCUT2D eigenvalue weighted by atomic mass is 16.5. The molecule has 5 rings (SSSR count). The topological polar surface area (TPSA) is 41.9 Å². The van der Waals surface area contributed by atoms with E-state index in [1.54, 1.807) is 7.11 Å². The number of nitrogens with zero attached hydrogens (tertiary/aromatic N) is 2. The number of amidine groups is 1. The van der Waals surface area contributed by atoms with Gasteiger partial charge in [-0.25, -0.2) is 0 Å². The number of hydrogen-bond donors (Lipinski definition) is 0. The third-order valence-electron chi connectivity index (χ3n) is 6.03. The second kappa shape index (κ2) is 7.03. The van der Waals surface area contributed by atoms with E-state index in [1.165, 1.54) is 5.57 Å². The van der Waals surface area contributed by atoms with Gasteiger partial charge in [-0.1, -0.05) is 60.7 Å². The fourth-order valence-electron chi connectivity index (χ4n) is 4.48. The van der Waals surface area contributed by atoms with E-state index in [0.29, 0.717) is 24.6 Å². The van der Waals surface area contributed by atoms with Gasteiger partial charge in [0.25, 0.3) is 5.91 Å². The molecular weight excluding hydrogens is 360 g/mol. The number of rotatable bonds is 6. The minimum atomic E-state index is -0.825. The molecule has 0 N–H and O–H groups in total. The van der Waals surface area contributed by atoms with Crippen LogP contribution in [-0.2, 0) is 22.4 Å². The molecule has 2 aromatic carbocycles. The summed E-state index contributed by atoms with van der Waals surface area (Å²) in [5, 5.41) is 0. The van der Waals surface area contributed by atoms with Crippen molar-refractivity contribution in [2.75, 3.05) is 7.11 Å². The van der Waals surface area contributed by atoms with E-state index in [2.05, 4.69) is 40.2 Å². The first-order valence-corrected chi connectivity index (χ1v) is 10.2. The maximum Gasteiger partial charge on any atom is 0.274 e. The third kappa shape index (κ3) is 3.09. The van der Waals surface area contributed by atoms with Gasteiger partial charge in [-0.2, -0.15) is 4.99 Å². The molecule has 0 spiro atoms. The number of benzene rings is 2. The quantitative estimate of drug-likeness (QED) is 0.746. The second-order valence-electron chi connectivity index (χ2n) is 8.04. The summed E-state index contributed by atoms with van der Waals surface area (Å²) in [6.07, 6.45) is 7.55. The molecule has 1 saturated carbocycles. The van der Waals surface area contributed by atoms with Gasteiger partial charge in [-0.05, 0) is 47.6 Å². The summed E-state index contributed by atoms with van der Waals surface area (Å²) in [5.74, 6) is 1.88. The summed E-state index contributed by atoms with van der Waals surface area (Å²) in [4.78, 5) is 20.3. The fraction of sp³-hybridized carbons (Fsp3) is 0.280. The van der Waals surface area contributed by atoms with Gasteiger partial charge in [-0.3, -0.25) is 9.69 Å². The van der Waals surface area contributed by atoms with E-state index in [9.17, 15) is 4.79 Å². The zero-order chi connectivity index (χ0) is 19.8. The van der Waals surface area contributed by atoms with E-state index < -0.39 is 5.54 Å². The molecule has 3 aliphatic rings. The number of carbonyl (C=O) groups is 1. The first-order valence-electron chi connectivity index (χ1n) is 10.2. The van der Waals surface area contributed by atoms with E-state index in [4.69, 9.17) is 4.74 Å². The Labute approximate surface area is 171 Å². The summed E-state index contributed by atoms with van der Waals surface area (Å²) < 4.78 is 5.74. The van der Waals surface area contributed by atoms with Crippen LogP contribution in [-0.4, -0.2) is 29.3 Å². The molecule has 0 bridgehead atoms. The second-order valence-corrected chi connectivity index (χ2v) is 8.04. The van der Waals surface area contributed by atoms with Crippen LogP contribution in [0.1, 0.15) is 24.0 Å². The summed E-state index contributed by atoms with van der Waals surface area (Å²) in [5.41, 5.74) is 2.58. The number of allylic oxidation sites excluding steroid dienone is 2. The Morgan fingerprint density at radius 1 is 0.966 bits per heavy atom. The first kappa shape index (κ1) is 17.9. The highest BCUT2D eigenvalue weighted by Gasteiger charge is 2.54. The molecule has 4 nitrogen and oxygen atoms in total. The Hall–Kier alpha value is -3.14. The van der Waals surface area contributed by atoms with Gasteiger partial charge in [0.15, 0.2) is 5.88 Å². The molecule has 0 saturated heterocycles. The minimum absolute atomic E-state index is 0.0865. The number of fused-ring (bicyclic) bond motifs is 1. The van der Waals surface area contributed by atoms with Gasteiger partial charge in [-0.15, -0.1) is 0 Å². The Balaban J connectivity index is 1.62. The highest BCUT2D eigenvalue weighted by Crippen LogP contribution is 2.45. The van der Waals surface area contributed by atoms with Crippen molar-refractivity contribution in [1.82, 2.24) is 4.90 Å². The lowest BCUT2D eigenvalue weighted by Gasteiger charge is -2.40. The van der Waals surface area contributed by atoms with Gasteiger partial charge < -0.3 is 4.74 Å². The number of carbonyl (C=O) groups excluding carboxylic acids is 1. The van der Waals surface area contributed by atoms with Crippen LogP contribution in [0.25, 0.3) is 0 Å². The average molecular weight is 384 g/mol. The summed E-state index contributed by atoms with van der Waals surface area (Å²) >= 11 is 0. The lowest BCUT2D eigenvalue weighted by molar-refractivity contribution is -0.125. The first-order chi connectivity index (χ1) is 14.2. The standard InChI is InChI=1S/C25H24N2O2/c1-29-22-15-14-21(20-12-13-20)23-26-24(28)25(27(22)23,16-18-8-4-2-5-9-18)17-19-10-6-3-7-11-19/h2-11,14-15,20H,12-13,16-17H2,1H3. The predicted octanol–water partition coefficient (Wildman–Crippen LogP) is 4.29. The molecule has 1 aliphatic carbocycles. The van der Waals surface area contributed by atoms with Crippen LogP contribution in [0.2, 0.25) is 0 Å². The summed E-state index contributed by atoms with van der Waals surface area (Å²) in [7, 11) is 1.66. The normalized spacial score (nSPS) is 20.0. The lowest BCUT2D eigenvalue weighted by Crippen LogP contribution is -2.55. The SMILES string of the molecule is COC1=CC=C(C2CC2)C2=NC(=O)C(Cc3ccccc3)(Cc3ccccc3)N12. The molecule has 0 aromatic heterocycles. The Kier molecular flexibility index (Phi) is 4.35. The van der Waals surface area contributed by atoms with E-state index in [0.717, 1.165) is 29.8 Å². The largest absolute Gasteiger partial charge is 0.482 e. The van der Waals surface area contributed by atoms with Gasteiger partial charge in [0.1, 0.15) is 11.4 Å². The summed E-state index contributed by atoms with van der Waals surface area (Å²) in [6.45, 7) is 0. The van der Waals surface area contributed by atoms with Gasteiger partial charge in [0.05, 0.1) is 7.11 Å². The lowest BCUT2D eigenvalue weighted by atomic mass is 9.82. The number of aliphatic imine (C=N–C) groups is 1. The van der Waals surface area contributed by atoms with Crippen LogP contribution >= 0.6 is 0 Å². The minimum Gasteiger partial charge on any atom is -0.482 e. The van der Waals surface area contributed by atoms with E-state index in [1.807, 2.05) is 42.5 Å². The smallest absolute Gasteiger partial charge is 0.274 e. The zero-order valence-electron chi connectivity index (χ0n) is 16.5. The molecule has 1 amide bonds. The Morgan fingerprint density at radius 3 is 2.07 bits per heavy atom. The van der Waals surface area contributed by atoms with Crippen LogP contribution in [0.3, 0.4) is 0 Å². The van der Waals surface area contributed by atoms with Crippen molar-refractivity contribution in [3.63, 3.8) is 0 Å². The van der Waals surface area contributed by atoms with E-state index in [-0.39, 0.29) is 5.91 Å². The van der Waals surface area contributed by atoms with Crippen LogP contribution in [0, 0.1) is 5.92 Å². The molecule has 0 radical (unpaired) electrons. The Bertz CT molecular complexity index is 976. The monoisotopic (exact) mass is 384 g/mol. The molecule has 29 heavy (non-hydrogen) atoms. The highest BCUT2D eigenvalue weighted by molar-refractivity contribution is 6.15. The van der Waals surface area contributed by atoms with E-state index >= 15 is 0 Å². The molecule has 4 heteroatoms. The van der Waals surface area contributed by atoms with Gasteiger partial charge in [0, 0.05) is 12.8 Å². The molecule has 0 unspecified atom stereocenters. The number of hydrogen-bond acceptors (Lipinski definition) is 3. The molecule has 2 aliphatic heterocycles. The van der Waals surface area contributed by atoms with Crippen molar-refractivity contribution in [2.24, 2.45) is 10.9 Å². The molecular formula is C25H24N2O2. The predicted molar refractivity (Wildman–Crippen MR) is 113 cm³/mol.